The normalized spacial score (nSPS) is 21.4. The van der Waals surface area contributed by atoms with Crippen molar-refractivity contribution in [3.8, 4) is 0 Å². The molecule has 0 saturated heterocycles. The van der Waals surface area contributed by atoms with Gasteiger partial charge in [-0.2, -0.15) is 8.78 Å². The highest BCUT2D eigenvalue weighted by Gasteiger charge is 2.40. The van der Waals surface area contributed by atoms with Gasteiger partial charge in [-0.1, -0.05) is 39.5 Å². The molecule has 0 bridgehead atoms. The molecule has 3 atom stereocenters. The van der Waals surface area contributed by atoms with Gasteiger partial charge in [0.1, 0.15) is 5.78 Å². The van der Waals surface area contributed by atoms with Crippen LogP contribution >= 0.6 is 0 Å². The van der Waals surface area contributed by atoms with E-state index >= 15 is 0 Å². The molecule has 0 aromatic carbocycles. The maximum Gasteiger partial charge on any atom is 0.305 e. The number of halogens is 2. The Morgan fingerprint density at radius 2 is 1.81 bits per heavy atom. The number of rotatable bonds is 14. The molecule has 1 aliphatic carbocycles. The quantitative estimate of drug-likeness (QED) is 0.403. The molecular weight excluding hydrogens is 354 g/mol. The summed E-state index contributed by atoms with van der Waals surface area (Å²) in [6.07, 6.45) is 5.64. The van der Waals surface area contributed by atoms with Gasteiger partial charge in [0.05, 0.1) is 0 Å². The maximum atomic E-state index is 14.0. The largest absolute Gasteiger partial charge is 0.481 e. The van der Waals surface area contributed by atoms with Crippen molar-refractivity contribution in [2.24, 2.45) is 17.8 Å². The molecule has 0 unspecified atom stereocenters. The van der Waals surface area contributed by atoms with E-state index in [-0.39, 0.29) is 36.4 Å². The Hall–Kier alpha value is -1.33. The molecule has 1 rings (SSSR count). The van der Waals surface area contributed by atoms with E-state index < -0.39 is 24.1 Å². The summed E-state index contributed by atoms with van der Waals surface area (Å²) in [6, 6.07) is 0. The summed E-state index contributed by atoms with van der Waals surface area (Å²) in [4.78, 5) is 34.5. The van der Waals surface area contributed by atoms with Gasteiger partial charge in [0.15, 0.2) is 0 Å². The van der Waals surface area contributed by atoms with Crippen molar-refractivity contribution < 1.29 is 28.3 Å². The summed E-state index contributed by atoms with van der Waals surface area (Å²) < 4.78 is 28.0. The Kier molecular flexibility index (Phi) is 10.1. The van der Waals surface area contributed by atoms with Gasteiger partial charge in [-0.15, -0.1) is 0 Å². The number of ketones is 2. The zero-order valence-electron chi connectivity index (χ0n) is 16.6. The van der Waals surface area contributed by atoms with Gasteiger partial charge in [0.25, 0.3) is 0 Å². The molecule has 156 valence electrons. The van der Waals surface area contributed by atoms with Crippen LogP contribution in [-0.4, -0.2) is 28.6 Å². The number of unbranched alkanes of at least 4 members (excludes halogenated alkanes) is 3. The van der Waals surface area contributed by atoms with Crippen molar-refractivity contribution in [2.75, 3.05) is 0 Å². The fourth-order valence-corrected chi connectivity index (χ4v) is 3.91. The van der Waals surface area contributed by atoms with Gasteiger partial charge in [0.2, 0.25) is 5.78 Å². The average Bonchev–Trinajstić information content (AvgIpc) is 2.95. The molecule has 6 heteroatoms. The first-order valence-electron chi connectivity index (χ1n) is 10.3. The number of carbonyl (C=O) groups is 3. The van der Waals surface area contributed by atoms with Crippen LogP contribution < -0.4 is 0 Å². The second-order valence-electron chi connectivity index (χ2n) is 8.10. The van der Waals surface area contributed by atoms with Crippen LogP contribution in [0.2, 0.25) is 0 Å². The van der Waals surface area contributed by atoms with Crippen LogP contribution in [0.25, 0.3) is 0 Å². The number of aliphatic carboxylic acids is 1. The predicted molar refractivity (Wildman–Crippen MR) is 99.8 cm³/mol. The van der Waals surface area contributed by atoms with Gasteiger partial charge in [-0.25, -0.2) is 0 Å². The van der Waals surface area contributed by atoms with E-state index in [1.165, 1.54) is 0 Å². The molecule has 1 aliphatic rings. The average molecular weight is 388 g/mol. The van der Waals surface area contributed by atoms with Crippen molar-refractivity contribution in [1.29, 1.82) is 0 Å². The van der Waals surface area contributed by atoms with Crippen molar-refractivity contribution in [2.45, 2.75) is 96.8 Å². The second-order valence-corrected chi connectivity index (χ2v) is 8.10. The fourth-order valence-electron chi connectivity index (χ4n) is 3.91. The summed E-state index contributed by atoms with van der Waals surface area (Å²) >= 11 is 0. The fraction of sp³-hybridized carbons (Fsp3) is 0.857. The number of hydrogen-bond acceptors (Lipinski definition) is 3. The number of carboxylic acids is 1. The third-order valence-corrected chi connectivity index (χ3v) is 5.85. The van der Waals surface area contributed by atoms with E-state index in [9.17, 15) is 23.2 Å². The van der Waals surface area contributed by atoms with Gasteiger partial charge >= 0.3 is 11.9 Å². The first-order chi connectivity index (χ1) is 12.7. The molecule has 1 N–H and O–H groups in total. The molecule has 0 aromatic rings. The molecule has 0 heterocycles. The lowest BCUT2D eigenvalue weighted by Crippen LogP contribution is -2.31. The predicted octanol–water partition coefficient (Wildman–Crippen LogP) is 5.43. The Morgan fingerprint density at radius 3 is 2.44 bits per heavy atom. The van der Waals surface area contributed by atoms with Crippen LogP contribution in [0, 0.1) is 17.8 Å². The van der Waals surface area contributed by atoms with Crippen LogP contribution in [0.1, 0.15) is 90.9 Å². The molecule has 0 aliphatic heterocycles. The van der Waals surface area contributed by atoms with E-state index in [0.717, 1.165) is 19.3 Å². The lowest BCUT2D eigenvalue weighted by molar-refractivity contribution is -0.146. The number of alkyl halides is 2. The summed E-state index contributed by atoms with van der Waals surface area (Å²) in [7, 11) is 0. The lowest BCUT2D eigenvalue weighted by atomic mass is 9.85. The monoisotopic (exact) mass is 388 g/mol. The minimum absolute atomic E-state index is 0.0277. The number of Topliss-reactive ketones (excluding diaryl/α,β-unsaturated/α-hetero) is 2. The highest BCUT2D eigenvalue weighted by molar-refractivity contribution is 5.86. The summed E-state index contributed by atoms with van der Waals surface area (Å²) in [5, 5.41) is 8.61. The third kappa shape index (κ3) is 8.48. The zero-order chi connectivity index (χ0) is 20.4. The van der Waals surface area contributed by atoms with Gasteiger partial charge in [-0.05, 0) is 37.5 Å². The molecule has 27 heavy (non-hydrogen) atoms. The van der Waals surface area contributed by atoms with E-state index in [2.05, 4.69) is 0 Å². The van der Waals surface area contributed by atoms with Crippen LogP contribution in [0.4, 0.5) is 8.78 Å². The SMILES string of the molecule is CC[C@@H](C)CC(F)(F)C(=O)CC[C@H]1CCC(=O)[C@@H]1CCCCCCC(=O)O. The molecule has 1 fully saturated rings. The zero-order valence-corrected chi connectivity index (χ0v) is 16.6. The van der Waals surface area contributed by atoms with Crippen molar-refractivity contribution >= 4 is 17.5 Å². The molecule has 0 radical (unpaired) electrons. The van der Waals surface area contributed by atoms with Crippen molar-refractivity contribution in [3.63, 3.8) is 0 Å². The number of carbonyl (C=O) groups excluding carboxylic acids is 2. The standard InChI is InChI=1S/C21H34F2O4/c1-3-15(2)14-21(22,23)19(25)13-11-16-10-12-18(24)17(16)8-6-4-5-7-9-20(26)27/h15-17H,3-14H2,1-2H3,(H,26,27)/t15-,16-,17-/m1/s1. The summed E-state index contributed by atoms with van der Waals surface area (Å²) in [5.41, 5.74) is 0. The highest BCUT2D eigenvalue weighted by atomic mass is 19.3. The van der Waals surface area contributed by atoms with E-state index in [0.29, 0.717) is 38.5 Å². The third-order valence-electron chi connectivity index (χ3n) is 5.85. The van der Waals surface area contributed by atoms with Crippen LogP contribution in [-0.2, 0) is 14.4 Å². The first-order valence-corrected chi connectivity index (χ1v) is 10.3. The Balaban J connectivity index is 2.39. The maximum absolute atomic E-state index is 14.0. The Morgan fingerprint density at radius 1 is 1.15 bits per heavy atom. The van der Waals surface area contributed by atoms with Crippen molar-refractivity contribution in [1.82, 2.24) is 0 Å². The molecule has 0 amide bonds. The number of carboxylic acid groups (broad SMARTS) is 1. The summed E-state index contributed by atoms with van der Waals surface area (Å²) in [6.45, 7) is 3.56. The van der Waals surface area contributed by atoms with Crippen LogP contribution in [0.3, 0.4) is 0 Å². The Labute approximate surface area is 161 Å². The first kappa shape index (κ1) is 23.7. The number of hydrogen-bond donors (Lipinski definition) is 1. The van der Waals surface area contributed by atoms with Crippen LogP contribution in [0.15, 0.2) is 0 Å². The minimum Gasteiger partial charge on any atom is -0.481 e. The molecule has 0 spiro atoms. The van der Waals surface area contributed by atoms with Gasteiger partial charge in [-0.3, -0.25) is 14.4 Å². The Bertz CT molecular complexity index is 504. The highest BCUT2D eigenvalue weighted by Crippen LogP contribution is 2.37. The van der Waals surface area contributed by atoms with E-state index in [4.69, 9.17) is 5.11 Å². The van der Waals surface area contributed by atoms with E-state index in [1.807, 2.05) is 6.92 Å². The summed E-state index contributed by atoms with van der Waals surface area (Å²) in [5.74, 6) is -5.15. The lowest BCUT2D eigenvalue weighted by Gasteiger charge is -2.21. The minimum atomic E-state index is -3.27. The van der Waals surface area contributed by atoms with Crippen LogP contribution in [0.5, 0.6) is 0 Å². The smallest absolute Gasteiger partial charge is 0.305 e. The molecular formula is C21H34F2O4. The van der Waals surface area contributed by atoms with Crippen molar-refractivity contribution in [3.05, 3.63) is 0 Å². The van der Waals surface area contributed by atoms with E-state index in [1.54, 1.807) is 6.92 Å². The van der Waals surface area contributed by atoms with Gasteiger partial charge in [0, 0.05) is 31.6 Å². The molecule has 1 saturated carbocycles. The second kappa shape index (κ2) is 11.5. The molecule has 4 nitrogen and oxygen atoms in total. The molecule has 0 aromatic heterocycles. The topological polar surface area (TPSA) is 71.4 Å². The van der Waals surface area contributed by atoms with Gasteiger partial charge < -0.3 is 5.11 Å².